The van der Waals surface area contributed by atoms with Crippen LogP contribution in [-0.2, 0) is 6.18 Å². The molecule has 0 bridgehead atoms. The second-order valence-corrected chi connectivity index (χ2v) is 7.04. The van der Waals surface area contributed by atoms with E-state index < -0.39 is 11.7 Å². The third kappa shape index (κ3) is 4.24. The van der Waals surface area contributed by atoms with Crippen LogP contribution in [0.2, 0.25) is 0 Å². The summed E-state index contributed by atoms with van der Waals surface area (Å²) in [5, 5.41) is 13.2. The van der Waals surface area contributed by atoms with Gasteiger partial charge in [-0.3, -0.25) is 0 Å². The lowest BCUT2D eigenvalue weighted by Gasteiger charge is -2.32. The van der Waals surface area contributed by atoms with Crippen molar-refractivity contribution in [3.63, 3.8) is 0 Å². The number of aromatic nitrogens is 3. The first-order valence-electron chi connectivity index (χ1n) is 9.27. The molecule has 0 aliphatic carbocycles. The summed E-state index contributed by atoms with van der Waals surface area (Å²) in [4.78, 5) is 10.8. The Morgan fingerprint density at radius 1 is 1.17 bits per heavy atom. The number of aliphatic hydroxyl groups excluding tert-OH is 1. The molecule has 0 spiro atoms. The van der Waals surface area contributed by atoms with Crippen molar-refractivity contribution < 1.29 is 22.8 Å². The van der Waals surface area contributed by atoms with Crippen molar-refractivity contribution in [1.29, 1.82) is 0 Å². The molecule has 3 aromatic rings. The maximum absolute atomic E-state index is 12.9. The van der Waals surface area contributed by atoms with E-state index in [-0.39, 0.29) is 29.8 Å². The van der Waals surface area contributed by atoms with Crippen LogP contribution in [-0.4, -0.2) is 39.9 Å². The summed E-state index contributed by atoms with van der Waals surface area (Å²) in [5.41, 5.74) is 0.0352. The van der Waals surface area contributed by atoms with Crippen LogP contribution in [0.4, 0.5) is 19.0 Å². The molecule has 4 rings (SSSR count). The van der Waals surface area contributed by atoms with Gasteiger partial charge in [0.05, 0.1) is 11.1 Å². The van der Waals surface area contributed by atoms with Gasteiger partial charge in [-0.15, -0.1) is 0 Å². The number of piperidine rings is 1. The van der Waals surface area contributed by atoms with Crippen molar-refractivity contribution >= 4 is 5.82 Å². The summed E-state index contributed by atoms with van der Waals surface area (Å²) >= 11 is 0. The van der Waals surface area contributed by atoms with Crippen LogP contribution in [0, 0.1) is 5.92 Å². The number of aliphatic hydroxyl groups is 1. The Labute approximate surface area is 165 Å². The Kier molecular flexibility index (Phi) is 5.23. The van der Waals surface area contributed by atoms with Crippen LogP contribution in [0.3, 0.4) is 0 Å². The number of anilines is 1. The Hall–Kier alpha value is -2.94. The third-order valence-corrected chi connectivity index (χ3v) is 4.97. The zero-order valence-corrected chi connectivity index (χ0v) is 15.4. The standard InChI is InChI=1S/C20H19F3N4O2/c21-20(22,23)16-5-1-4-14(9-16)18-25-19(29-26-18)15-6-7-17(24-10-15)27-8-2-3-13(11-27)12-28/h1,4-7,9-10,13,28H,2-3,8,11-12H2/t13-/m0/s1. The monoisotopic (exact) mass is 404 g/mol. The molecule has 0 saturated carbocycles. The van der Waals surface area contributed by atoms with Gasteiger partial charge in [-0.1, -0.05) is 17.3 Å². The van der Waals surface area contributed by atoms with Crippen LogP contribution in [0.25, 0.3) is 22.8 Å². The van der Waals surface area contributed by atoms with Gasteiger partial charge in [-0.05, 0) is 43.0 Å². The molecule has 1 aromatic carbocycles. The van der Waals surface area contributed by atoms with E-state index in [9.17, 15) is 18.3 Å². The van der Waals surface area contributed by atoms with Crippen molar-refractivity contribution in [2.24, 2.45) is 5.92 Å². The van der Waals surface area contributed by atoms with Crippen LogP contribution >= 0.6 is 0 Å². The van der Waals surface area contributed by atoms with Gasteiger partial charge in [-0.2, -0.15) is 18.2 Å². The van der Waals surface area contributed by atoms with Gasteiger partial charge < -0.3 is 14.5 Å². The van der Waals surface area contributed by atoms with Crippen molar-refractivity contribution in [2.45, 2.75) is 19.0 Å². The maximum atomic E-state index is 12.9. The van der Waals surface area contributed by atoms with Crippen molar-refractivity contribution in [3.8, 4) is 22.8 Å². The first-order valence-corrected chi connectivity index (χ1v) is 9.27. The largest absolute Gasteiger partial charge is 0.416 e. The lowest BCUT2D eigenvalue weighted by molar-refractivity contribution is -0.137. The van der Waals surface area contributed by atoms with E-state index in [0.29, 0.717) is 5.56 Å². The Balaban J connectivity index is 1.53. The Morgan fingerprint density at radius 2 is 2.03 bits per heavy atom. The molecule has 1 N–H and O–H groups in total. The number of benzene rings is 1. The Morgan fingerprint density at radius 3 is 2.76 bits per heavy atom. The van der Waals surface area contributed by atoms with Crippen LogP contribution in [0.15, 0.2) is 47.1 Å². The average molecular weight is 404 g/mol. The molecule has 152 valence electrons. The molecule has 9 heteroatoms. The van der Waals surface area contributed by atoms with Gasteiger partial charge in [-0.25, -0.2) is 4.98 Å². The molecule has 1 atom stereocenters. The van der Waals surface area contributed by atoms with Crippen LogP contribution < -0.4 is 4.90 Å². The van der Waals surface area contributed by atoms with Gasteiger partial charge in [0, 0.05) is 31.5 Å². The number of halogens is 3. The number of hydrogen-bond acceptors (Lipinski definition) is 6. The second kappa shape index (κ2) is 7.82. The van der Waals surface area contributed by atoms with Crippen molar-refractivity contribution in [1.82, 2.24) is 15.1 Å². The minimum atomic E-state index is -4.44. The summed E-state index contributed by atoms with van der Waals surface area (Å²) < 4.78 is 43.9. The van der Waals surface area contributed by atoms with Gasteiger partial charge >= 0.3 is 6.18 Å². The lowest BCUT2D eigenvalue weighted by Crippen LogP contribution is -2.37. The third-order valence-electron chi connectivity index (χ3n) is 4.97. The predicted molar refractivity (Wildman–Crippen MR) is 100.0 cm³/mol. The average Bonchev–Trinajstić information content (AvgIpc) is 3.24. The summed E-state index contributed by atoms with van der Waals surface area (Å²) in [5.74, 6) is 1.31. The fourth-order valence-electron chi connectivity index (χ4n) is 3.41. The van der Waals surface area contributed by atoms with E-state index in [2.05, 4.69) is 20.0 Å². The fourth-order valence-corrected chi connectivity index (χ4v) is 3.41. The molecule has 2 aromatic heterocycles. The molecule has 0 unspecified atom stereocenters. The van der Waals surface area contributed by atoms with E-state index in [0.717, 1.165) is 43.9 Å². The zero-order chi connectivity index (χ0) is 20.4. The highest BCUT2D eigenvalue weighted by molar-refractivity contribution is 5.61. The normalized spacial score (nSPS) is 17.5. The summed E-state index contributed by atoms with van der Waals surface area (Å²) in [7, 11) is 0. The predicted octanol–water partition coefficient (Wildman–Crippen LogP) is 4.03. The van der Waals surface area contributed by atoms with E-state index >= 15 is 0 Å². The second-order valence-electron chi connectivity index (χ2n) is 7.04. The number of alkyl halides is 3. The zero-order valence-electron chi connectivity index (χ0n) is 15.4. The number of hydrogen-bond donors (Lipinski definition) is 1. The molecule has 1 fully saturated rings. The topological polar surface area (TPSA) is 75.3 Å². The molecule has 1 saturated heterocycles. The van der Waals surface area contributed by atoms with Crippen molar-refractivity contribution in [3.05, 3.63) is 48.2 Å². The minimum Gasteiger partial charge on any atom is -0.396 e. The molecule has 29 heavy (non-hydrogen) atoms. The van der Waals surface area contributed by atoms with Gasteiger partial charge in [0.25, 0.3) is 5.89 Å². The molecule has 0 radical (unpaired) electrons. The number of rotatable bonds is 4. The number of pyridine rings is 1. The van der Waals surface area contributed by atoms with E-state index in [4.69, 9.17) is 4.52 Å². The van der Waals surface area contributed by atoms with Crippen LogP contribution in [0.1, 0.15) is 18.4 Å². The minimum absolute atomic E-state index is 0.0806. The number of nitrogens with zero attached hydrogens (tertiary/aromatic N) is 4. The van der Waals surface area contributed by atoms with E-state index in [1.165, 1.54) is 12.1 Å². The molecule has 1 aliphatic rings. The SMILES string of the molecule is OC[C@H]1CCCN(c2ccc(-c3nc(-c4cccc(C(F)(F)F)c4)no3)cn2)C1. The molecular formula is C20H19F3N4O2. The summed E-state index contributed by atoms with van der Waals surface area (Å²) in [6, 6.07) is 8.42. The Bertz CT molecular complexity index is 972. The van der Waals surface area contributed by atoms with Gasteiger partial charge in [0.1, 0.15) is 5.82 Å². The summed E-state index contributed by atoms with van der Waals surface area (Å²) in [6.45, 7) is 1.79. The van der Waals surface area contributed by atoms with Crippen LogP contribution in [0.5, 0.6) is 0 Å². The van der Waals surface area contributed by atoms with Gasteiger partial charge in [0.2, 0.25) is 5.82 Å². The maximum Gasteiger partial charge on any atom is 0.416 e. The molecule has 0 amide bonds. The van der Waals surface area contributed by atoms with E-state index in [1.54, 1.807) is 12.3 Å². The molecule has 3 heterocycles. The highest BCUT2D eigenvalue weighted by Crippen LogP contribution is 2.32. The summed E-state index contributed by atoms with van der Waals surface area (Å²) in [6.07, 6.45) is -0.836. The highest BCUT2D eigenvalue weighted by atomic mass is 19.4. The van der Waals surface area contributed by atoms with Gasteiger partial charge in [0.15, 0.2) is 0 Å². The quantitative estimate of drug-likeness (QED) is 0.708. The fraction of sp³-hybridized carbons (Fsp3) is 0.350. The molecular weight excluding hydrogens is 385 g/mol. The lowest BCUT2D eigenvalue weighted by atomic mass is 9.99. The highest BCUT2D eigenvalue weighted by Gasteiger charge is 2.30. The first-order chi connectivity index (χ1) is 13.9. The van der Waals surface area contributed by atoms with Crippen molar-refractivity contribution in [2.75, 3.05) is 24.6 Å². The van der Waals surface area contributed by atoms with E-state index in [1.807, 2.05) is 6.07 Å². The molecule has 6 nitrogen and oxygen atoms in total. The first kappa shape index (κ1) is 19.4. The molecule has 1 aliphatic heterocycles. The smallest absolute Gasteiger partial charge is 0.396 e.